The van der Waals surface area contributed by atoms with Gasteiger partial charge < -0.3 is 26.0 Å². The van der Waals surface area contributed by atoms with Crippen molar-refractivity contribution >= 4 is 29.2 Å². The van der Waals surface area contributed by atoms with Crippen LogP contribution in [0.3, 0.4) is 0 Å². The van der Waals surface area contributed by atoms with E-state index in [9.17, 15) is 4.79 Å². The second-order valence-corrected chi connectivity index (χ2v) is 9.10. The predicted octanol–water partition coefficient (Wildman–Crippen LogP) is 4.68. The van der Waals surface area contributed by atoms with Gasteiger partial charge >= 0.3 is 6.03 Å². The number of amides is 2. The third-order valence-electron chi connectivity index (χ3n) is 5.74. The number of para-hydroxylation sites is 1. The molecular weight excluding hydrogens is 444 g/mol. The molecule has 3 aromatic rings. The van der Waals surface area contributed by atoms with Gasteiger partial charge in [-0.25, -0.2) is 4.79 Å². The fraction of sp³-hybridized carbons (Fsp3) is 0.222. The van der Waals surface area contributed by atoms with Gasteiger partial charge in [0.25, 0.3) is 0 Å². The standard InChI is InChI=1S/C27H30N4O2S/c1-34-25-13-7-20(8-14-25)19-33-24-11-9-22(10-12-24)26(28)16-30-27(32)29-15-21-17-31(18-21)23-5-3-2-4-6-23/h2-14,16,21H,15,17-19,28H2,1H3,(H2,29,30,32)/b26-16-. The van der Waals surface area contributed by atoms with Crippen molar-refractivity contribution < 1.29 is 9.53 Å². The normalized spacial score (nSPS) is 13.8. The van der Waals surface area contributed by atoms with E-state index >= 15 is 0 Å². The molecule has 7 heteroatoms. The van der Waals surface area contributed by atoms with E-state index in [1.165, 1.54) is 16.8 Å². The number of rotatable bonds is 9. The zero-order valence-electron chi connectivity index (χ0n) is 19.2. The Balaban J connectivity index is 1.17. The second-order valence-electron chi connectivity index (χ2n) is 8.22. The van der Waals surface area contributed by atoms with Crippen molar-refractivity contribution in [2.75, 3.05) is 30.8 Å². The molecule has 0 radical (unpaired) electrons. The molecule has 176 valence electrons. The molecule has 1 aliphatic heterocycles. The summed E-state index contributed by atoms with van der Waals surface area (Å²) in [6, 6.07) is 25.9. The molecule has 3 aromatic carbocycles. The number of nitrogens with zero attached hydrogens (tertiary/aromatic N) is 1. The monoisotopic (exact) mass is 474 g/mol. The quantitative estimate of drug-likeness (QED) is 0.393. The van der Waals surface area contributed by atoms with E-state index in [1.54, 1.807) is 11.8 Å². The lowest BCUT2D eigenvalue weighted by Crippen LogP contribution is -2.52. The molecule has 0 unspecified atom stereocenters. The number of carbonyl (C=O) groups is 1. The van der Waals surface area contributed by atoms with Gasteiger partial charge in [0.05, 0.1) is 5.70 Å². The average molecular weight is 475 g/mol. The Labute approximate surface area is 205 Å². The van der Waals surface area contributed by atoms with Crippen molar-refractivity contribution in [3.63, 3.8) is 0 Å². The Morgan fingerprint density at radius 1 is 1.06 bits per heavy atom. The number of carbonyl (C=O) groups excluding carboxylic acids is 1. The van der Waals surface area contributed by atoms with E-state index < -0.39 is 0 Å². The molecule has 0 bridgehead atoms. The maximum absolute atomic E-state index is 12.1. The summed E-state index contributed by atoms with van der Waals surface area (Å²) in [5, 5.41) is 5.63. The molecule has 0 aromatic heterocycles. The van der Waals surface area contributed by atoms with E-state index in [-0.39, 0.29) is 6.03 Å². The van der Waals surface area contributed by atoms with Crippen LogP contribution in [0.25, 0.3) is 5.70 Å². The number of thioether (sulfide) groups is 1. The zero-order valence-corrected chi connectivity index (χ0v) is 20.1. The van der Waals surface area contributed by atoms with Gasteiger partial charge in [0.1, 0.15) is 12.4 Å². The molecule has 4 rings (SSSR count). The van der Waals surface area contributed by atoms with Crippen LogP contribution in [-0.4, -0.2) is 31.9 Å². The van der Waals surface area contributed by atoms with Gasteiger partial charge in [0, 0.05) is 42.3 Å². The zero-order chi connectivity index (χ0) is 23.8. The minimum atomic E-state index is -0.256. The Hall–Kier alpha value is -3.58. The lowest BCUT2D eigenvalue weighted by Gasteiger charge is -2.41. The maximum atomic E-state index is 12.1. The van der Waals surface area contributed by atoms with Crippen LogP contribution in [0.1, 0.15) is 11.1 Å². The van der Waals surface area contributed by atoms with Gasteiger partial charge in [0.15, 0.2) is 0 Å². The molecule has 0 aliphatic carbocycles. The van der Waals surface area contributed by atoms with Crippen LogP contribution < -0.4 is 26.0 Å². The van der Waals surface area contributed by atoms with Crippen molar-refractivity contribution in [3.05, 3.63) is 96.2 Å². The summed E-state index contributed by atoms with van der Waals surface area (Å²) >= 11 is 1.72. The molecule has 0 saturated carbocycles. The first-order valence-electron chi connectivity index (χ1n) is 11.3. The summed E-state index contributed by atoms with van der Waals surface area (Å²) in [6.07, 6.45) is 3.58. The number of hydrogen-bond donors (Lipinski definition) is 3. The van der Waals surface area contributed by atoms with E-state index in [4.69, 9.17) is 10.5 Å². The van der Waals surface area contributed by atoms with Crippen molar-refractivity contribution in [2.45, 2.75) is 11.5 Å². The number of nitrogens with two attached hydrogens (primary N) is 1. The number of anilines is 1. The third kappa shape index (κ3) is 6.48. The Bertz CT molecular complexity index is 1100. The summed E-state index contributed by atoms with van der Waals surface area (Å²) in [4.78, 5) is 15.7. The van der Waals surface area contributed by atoms with E-state index in [0.717, 1.165) is 30.0 Å². The number of urea groups is 1. The van der Waals surface area contributed by atoms with E-state index in [1.807, 2.05) is 42.5 Å². The fourth-order valence-corrected chi connectivity index (χ4v) is 4.10. The first kappa shape index (κ1) is 23.6. The second kappa shape index (κ2) is 11.5. The molecular formula is C27H30N4O2S. The van der Waals surface area contributed by atoms with E-state index in [0.29, 0.717) is 24.8 Å². The Kier molecular flexibility index (Phi) is 7.99. The first-order valence-corrected chi connectivity index (χ1v) is 12.5. The summed E-state index contributed by atoms with van der Waals surface area (Å²) in [6.45, 7) is 3.03. The van der Waals surface area contributed by atoms with Crippen LogP contribution in [-0.2, 0) is 6.61 Å². The van der Waals surface area contributed by atoms with Crippen molar-refractivity contribution in [1.82, 2.24) is 10.6 Å². The van der Waals surface area contributed by atoms with Gasteiger partial charge in [0.2, 0.25) is 0 Å². The average Bonchev–Trinajstić information content (AvgIpc) is 2.86. The molecule has 0 atom stereocenters. The van der Waals surface area contributed by atoms with Gasteiger partial charge in [-0.05, 0) is 65.9 Å². The van der Waals surface area contributed by atoms with Gasteiger partial charge in [-0.15, -0.1) is 11.8 Å². The van der Waals surface area contributed by atoms with Crippen molar-refractivity contribution in [3.8, 4) is 5.75 Å². The van der Waals surface area contributed by atoms with Crippen LogP contribution in [0.15, 0.2) is 90.0 Å². The summed E-state index contributed by atoms with van der Waals surface area (Å²) < 4.78 is 5.85. The van der Waals surface area contributed by atoms with Crippen LogP contribution in [0.2, 0.25) is 0 Å². The highest BCUT2D eigenvalue weighted by Crippen LogP contribution is 2.23. The minimum Gasteiger partial charge on any atom is -0.489 e. The smallest absolute Gasteiger partial charge is 0.318 e. The van der Waals surface area contributed by atoms with Crippen LogP contribution in [0, 0.1) is 5.92 Å². The number of ether oxygens (including phenoxy) is 1. The Morgan fingerprint density at radius 3 is 2.44 bits per heavy atom. The molecule has 0 spiro atoms. The SMILES string of the molecule is CSc1ccc(COc2ccc(/C(N)=C/NC(=O)NCC3CN(c4ccccc4)C3)cc2)cc1. The van der Waals surface area contributed by atoms with Gasteiger partial charge in [-0.1, -0.05) is 30.3 Å². The van der Waals surface area contributed by atoms with Gasteiger partial charge in [-0.2, -0.15) is 0 Å². The summed E-state index contributed by atoms with van der Waals surface area (Å²) in [5.41, 5.74) is 9.76. The summed E-state index contributed by atoms with van der Waals surface area (Å²) in [7, 11) is 0. The maximum Gasteiger partial charge on any atom is 0.318 e. The third-order valence-corrected chi connectivity index (χ3v) is 6.48. The van der Waals surface area contributed by atoms with Crippen LogP contribution in [0.5, 0.6) is 5.75 Å². The highest BCUT2D eigenvalue weighted by Gasteiger charge is 2.26. The molecule has 6 nitrogen and oxygen atoms in total. The predicted molar refractivity (Wildman–Crippen MR) is 140 cm³/mol. The molecule has 1 saturated heterocycles. The molecule has 1 aliphatic rings. The topological polar surface area (TPSA) is 79.6 Å². The molecule has 2 amide bonds. The minimum absolute atomic E-state index is 0.256. The first-order chi connectivity index (χ1) is 16.6. The van der Waals surface area contributed by atoms with Crippen LogP contribution in [0.4, 0.5) is 10.5 Å². The van der Waals surface area contributed by atoms with Crippen LogP contribution >= 0.6 is 11.8 Å². The molecule has 1 heterocycles. The summed E-state index contributed by atoms with van der Waals surface area (Å²) in [5.74, 6) is 1.21. The lowest BCUT2D eigenvalue weighted by atomic mass is 9.99. The van der Waals surface area contributed by atoms with Crippen molar-refractivity contribution in [2.24, 2.45) is 11.7 Å². The molecule has 4 N–H and O–H groups in total. The number of benzene rings is 3. The lowest BCUT2D eigenvalue weighted by molar-refractivity contribution is 0.240. The van der Waals surface area contributed by atoms with Crippen molar-refractivity contribution in [1.29, 1.82) is 0 Å². The Morgan fingerprint density at radius 2 is 1.76 bits per heavy atom. The molecule has 34 heavy (non-hydrogen) atoms. The van der Waals surface area contributed by atoms with E-state index in [2.05, 4.69) is 58.2 Å². The highest BCUT2D eigenvalue weighted by atomic mass is 32.2. The molecule has 1 fully saturated rings. The number of nitrogens with one attached hydrogen (secondary N) is 2. The highest BCUT2D eigenvalue weighted by molar-refractivity contribution is 7.98. The van der Waals surface area contributed by atoms with Gasteiger partial charge in [-0.3, -0.25) is 0 Å². The number of hydrogen-bond acceptors (Lipinski definition) is 5. The largest absolute Gasteiger partial charge is 0.489 e. The fourth-order valence-electron chi connectivity index (χ4n) is 3.70.